The molecule has 0 amide bonds. The molecule has 1 aromatic carbocycles. The molecule has 0 fully saturated rings. The van der Waals surface area contributed by atoms with Gasteiger partial charge in [0.15, 0.2) is 11.5 Å². The molecule has 5 nitrogen and oxygen atoms in total. The lowest BCUT2D eigenvalue weighted by Crippen LogP contribution is -2.25. The van der Waals surface area contributed by atoms with E-state index in [1.54, 1.807) is 6.07 Å². The second kappa shape index (κ2) is 4.30. The first-order chi connectivity index (χ1) is 9.02. The van der Waals surface area contributed by atoms with Crippen LogP contribution in [0.2, 0.25) is 0 Å². The van der Waals surface area contributed by atoms with Gasteiger partial charge in [-0.05, 0) is 28.1 Å². The number of aromatic nitrogens is 2. The predicted molar refractivity (Wildman–Crippen MR) is 62.5 cm³/mol. The number of rotatable bonds is 2. The number of benzene rings is 1. The van der Waals surface area contributed by atoms with Gasteiger partial charge in [0.25, 0.3) is 0 Å². The molecule has 2 heterocycles. The summed E-state index contributed by atoms with van der Waals surface area (Å²) in [6, 6.07) is 5.65. The van der Waals surface area contributed by atoms with Gasteiger partial charge in [-0.25, -0.2) is 9.97 Å². The van der Waals surface area contributed by atoms with E-state index in [0.29, 0.717) is 10.4 Å². The molecule has 3 rings (SSSR count). The lowest BCUT2D eigenvalue weighted by molar-refractivity contribution is -0.286. The van der Waals surface area contributed by atoms with Crippen LogP contribution in [0.25, 0.3) is 0 Å². The summed E-state index contributed by atoms with van der Waals surface area (Å²) in [5, 5.41) is 0. The summed E-state index contributed by atoms with van der Waals surface area (Å²) >= 11 is 3.17. The second-order valence-corrected chi connectivity index (χ2v) is 4.37. The van der Waals surface area contributed by atoms with Gasteiger partial charge in [-0.15, -0.1) is 8.78 Å². The van der Waals surface area contributed by atoms with Gasteiger partial charge in [-0.2, -0.15) is 0 Å². The summed E-state index contributed by atoms with van der Waals surface area (Å²) in [6.45, 7) is 0. The van der Waals surface area contributed by atoms with Crippen LogP contribution in [-0.2, 0) is 0 Å². The van der Waals surface area contributed by atoms with E-state index < -0.39 is 6.29 Å². The fourth-order valence-electron chi connectivity index (χ4n) is 1.49. The van der Waals surface area contributed by atoms with Crippen LogP contribution in [0.4, 0.5) is 8.78 Å². The number of hydrogen-bond donors (Lipinski definition) is 0. The molecular weight excluding hydrogens is 326 g/mol. The molecule has 19 heavy (non-hydrogen) atoms. The van der Waals surface area contributed by atoms with Crippen molar-refractivity contribution in [3.8, 4) is 23.1 Å². The van der Waals surface area contributed by atoms with E-state index in [4.69, 9.17) is 4.74 Å². The maximum atomic E-state index is 12.8. The SMILES string of the molecule is FC1(F)Oc2ccc(Oc3cc(Br)ncn3)cc2O1. The van der Waals surface area contributed by atoms with Crippen LogP contribution in [0.5, 0.6) is 23.1 Å². The largest absolute Gasteiger partial charge is 0.586 e. The van der Waals surface area contributed by atoms with Gasteiger partial charge in [0.1, 0.15) is 16.7 Å². The second-order valence-electron chi connectivity index (χ2n) is 3.56. The maximum Gasteiger partial charge on any atom is 0.586 e. The van der Waals surface area contributed by atoms with E-state index in [-0.39, 0.29) is 17.4 Å². The van der Waals surface area contributed by atoms with Crippen LogP contribution in [-0.4, -0.2) is 16.3 Å². The summed E-state index contributed by atoms with van der Waals surface area (Å²) < 4.78 is 40.2. The molecule has 98 valence electrons. The summed E-state index contributed by atoms with van der Waals surface area (Å²) in [4.78, 5) is 7.71. The van der Waals surface area contributed by atoms with E-state index in [9.17, 15) is 8.78 Å². The zero-order valence-corrected chi connectivity index (χ0v) is 10.7. The van der Waals surface area contributed by atoms with Crippen LogP contribution in [0, 0.1) is 0 Å². The van der Waals surface area contributed by atoms with Crippen molar-refractivity contribution < 1.29 is 23.0 Å². The highest BCUT2D eigenvalue weighted by Crippen LogP contribution is 2.43. The van der Waals surface area contributed by atoms with Crippen LogP contribution in [0.1, 0.15) is 0 Å². The van der Waals surface area contributed by atoms with Crippen LogP contribution < -0.4 is 14.2 Å². The Morgan fingerprint density at radius 3 is 2.68 bits per heavy atom. The van der Waals surface area contributed by atoms with Crippen LogP contribution in [0.15, 0.2) is 35.2 Å². The average molecular weight is 331 g/mol. The topological polar surface area (TPSA) is 53.5 Å². The van der Waals surface area contributed by atoms with Crippen molar-refractivity contribution in [1.29, 1.82) is 0 Å². The Morgan fingerprint density at radius 1 is 1.11 bits per heavy atom. The first-order valence-electron chi connectivity index (χ1n) is 5.07. The van der Waals surface area contributed by atoms with Gasteiger partial charge < -0.3 is 14.2 Å². The minimum Gasteiger partial charge on any atom is -0.439 e. The fraction of sp³-hybridized carbons (Fsp3) is 0.0909. The van der Waals surface area contributed by atoms with E-state index >= 15 is 0 Å². The predicted octanol–water partition coefficient (Wildman–Crippen LogP) is 3.35. The molecule has 0 saturated heterocycles. The van der Waals surface area contributed by atoms with Crippen molar-refractivity contribution in [3.63, 3.8) is 0 Å². The molecule has 0 radical (unpaired) electrons. The quantitative estimate of drug-likeness (QED) is 0.790. The van der Waals surface area contributed by atoms with E-state index in [1.165, 1.54) is 24.5 Å². The van der Waals surface area contributed by atoms with Crippen molar-refractivity contribution in [2.75, 3.05) is 0 Å². The van der Waals surface area contributed by atoms with Gasteiger partial charge in [0, 0.05) is 12.1 Å². The highest BCUT2D eigenvalue weighted by atomic mass is 79.9. The van der Waals surface area contributed by atoms with Gasteiger partial charge in [-0.3, -0.25) is 0 Å². The lowest BCUT2D eigenvalue weighted by Gasteiger charge is -2.05. The Labute approximate surface area is 114 Å². The Bertz CT molecular complexity index is 639. The van der Waals surface area contributed by atoms with Crippen molar-refractivity contribution in [2.45, 2.75) is 6.29 Å². The first kappa shape index (κ1) is 12.1. The van der Waals surface area contributed by atoms with Crippen molar-refractivity contribution in [3.05, 3.63) is 35.2 Å². The molecule has 1 aliphatic heterocycles. The summed E-state index contributed by atoms with van der Waals surface area (Å²) in [5.41, 5.74) is 0. The molecule has 0 spiro atoms. The third kappa shape index (κ3) is 2.58. The third-order valence-corrected chi connectivity index (χ3v) is 2.64. The molecule has 0 saturated carbocycles. The Balaban J connectivity index is 1.85. The molecule has 0 unspecified atom stereocenters. The molecule has 0 atom stereocenters. The Hall–Kier alpha value is -1.96. The summed E-state index contributed by atoms with van der Waals surface area (Å²) in [7, 11) is 0. The number of nitrogens with zero attached hydrogens (tertiary/aromatic N) is 2. The van der Waals surface area contributed by atoms with Gasteiger partial charge in [0.2, 0.25) is 5.88 Å². The molecule has 1 aromatic heterocycles. The monoisotopic (exact) mass is 330 g/mol. The minimum atomic E-state index is -3.64. The van der Waals surface area contributed by atoms with Gasteiger partial charge >= 0.3 is 6.29 Å². The van der Waals surface area contributed by atoms with Gasteiger partial charge in [-0.1, -0.05) is 0 Å². The smallest absolute Gasteiger partial charge is 0.439 e. The lowest BCUT2D eigenvalue weighted by atomic mass is 10.3. The van der Waals surface area contributed by atoms with Crippen molar-refractivity contribution in [2.24, 2.45) is 0 Å². The molecule has 0 N–H and O–H groups in total. The molecule has 2 aromatic rings. The Kier molecular flexibility index (Phi) is 2.74. The molecule has 1 aliphatic rings. The van der Waals surface area contributed by atoms with Crippen LogP contribution in [0.3, 0.4) is 0 Å². The first-order valence-corrected chi connectivity index (χ1v) is 5.86. The number of hydrogen-bond acceptors (Lipinski definition) is 5. The molecule has 0 bridgehead atoms. The zero-order chi connectivity index (χ0) is 13.5. The third-order valence-electron chi connectivity index (χ3n) is 2.20. The number of halogens is 3. The average Bonchev–Trinajstić information content (AvgIpc) is 2.62. The van der Waals surface area contributed by atoms with E-state index in [0.717, 1.165) is 0 Å². The van der Waals surface area contributed by atoms with Crippen molar-refractivity contribution >= 4 is 15.9 Å². The van der Waals surface area contributed by atoms with Gasteiger partial charge in [0.05, 0.1) is 0 Å². The Morgan fingerprint density at radius 2 is 1.89 bits per heavy atom. The standard InChI is InChI=1S/C11H5BrF2N2O3/c12-9-4-10(16-5-15-9)17-6-1-2-7-8(3-6)19-11(13,14)18-7/h1-5H. The summed E-state index contributed by atoms with van der Waals surface area (Å²) in [6.07, 6.45) is -2.33. The number of ether oxygens (including phenoxy) is 3. The normalized spacial score (nSPS) is 15.3. The van der Waals surface area contributed by atoms with E-state index in [1.807, 2.05) is 0 Å². The highest BCUT2D eigenvalue weighted by molar-refractivity contribution is 9.10. The fourth-order valence-corrected chi connectivity index (χ4v) is 1.77. The highest BCUT2D eigenvalue weighted by Gasteiger charge is 2.43. The number of fused-ring (bicyclic) bond motifs is 1. The van der Waals surface area contributed by atoms with E-state index in [2.05, 4.69) is 35.4 Å². The molecule has 8 heteroatoms. The maximum absolute atomic E-state index is 12.8. The zero-order valence-electron chi connectivity index (χ0n) is 9.14. The van der Waals surface area contributed by atoms with Crippen LogP contribution >= 0.6 is 15.9 Å². The number of alkyl halides is 2. The minimum absolute atomic E-state index is 0.0405. The van der Waals surface area contributed by atoms with Crippen molar-refractivity contribution in [1.82, 2.24) is 9.97 Å². The molecular formula is C11H5BrF2N2O3. The summed E-state index contributed by atoms with van der Waals surface area (Å²) in [5.74, 6) is 0.440. The molecule has 0 aliphatic carbocycles.